The first-order valence-electron chi connectivity index (χ1n) is 5.26. The molecule has 1 aromatic heterocycles. The number of nitrogens with zero attached hydrogens (tertiary/aromatic N) is 2. The fraction of sp³-hybridized carbons (Fsp3) is 0.0833. The van der Waals surface area contributed by atoms with Crippen LogP contribution in [0.15, 0.2) is 35.4 Å². The van der Waals surface area contributed by atoms with Crippen molar-refractivity contribution in [3.05, 3.63) is 52.3 Å². The maximum absolute atomic E-state index is 11.6. The van der Waals surface area contributed by atoms with Gasteiger partial charge in [0.15, 0.2) is 5.69 Å². The van der Waals surface area contributed by atoms with Gasteiger partial charge in [-0.05, 0) is 30.7 Å². The van der Waals surface area contributed by atoms with Crippen molar-refractivity contribution in [1.82, 2.24) is 15.6 Å². The highest BCUT2D eigenvalue weighted by atomic mass is 35.5. The van der Waals surface area contributed by atoms with E-state index in [0.29, 0.717) is 10.7 Å². The number of carbonyl (C=O) groups excluding carboxylic acids is 1. The highest BCUT2D eigenvalue weighted by Gasteiger charge is 2.06. The Morgan fingerprint density at radius 2 is 2.17 bits per heavy atom. The fourth-order valence-corrected chi connectivity index (χ4v) is 1.43. The van der Waals surface area contributed by atoms with E-state index in [-0.39, 0.29) is 5.91 Å². The molecule has 1 heterocycles. The van der Waals surface area contributed by atoms with Gasteiger partial charge in [0.05, 0.1) is 6.21 Å². The number of rotatable bonds is 3. The summed E-state index contributed by atoms with van der Waals surface area (Å²) in [5.74, 6) is -0.357. The summed E-state index contributed by atoms with van der Waals surface area (Å²) in [6, 6.07) is 8.75. The molecular formula is C12H11ClN4O. The minimum atomic E-state index is -0.357. The van der Waals surface area contributed by atoms with Crippen LogP contribution in [0.2, 0.25) is 5.02 Å². The first-order valence-corrected chi connectivity index (χ1v) is 5.64. The van der Waals surface area contributed by atoms with Gasteiger partial charge in [0.2, 0.25) is 0 Å². The summed E-state index contributed by atoms with van der Waals surface area (Å²) < 4.78 is 0. The topological polar surface area (TPSA) is 70.1 Å². The molecule has 0 saturated heterocycles. The zero-order chi connectivity index (χ0) is 13.0. The van der Waals surface area contributed by atoms with Crippen LogP contribution in [0.4, 0.5) is 0 Å². The minimum Gasteiger partial charge on any atom is -0.282 e. The maximum atomic E-state index is 11.6. The molecule has 92 valence electrons. The molecule has 5 nitrogen and oxygen atoms in total. The molecule has 2 rings (SSSR count). The lowest BCUT2D eigenvalue weighted by atomic mass is 10.2. The summed E-state index contributed by atoms with van der Waals surface area (Å²) in [7, 11) is 0. The van der Waals surface area contributed by atoms with Crippen molar-refractivity contribution in [1.29, 1.82) is 0 Å². The number of hydrogen-bond acceptors (Lipinski definition) is 3. The average molecular weight is 263 g/mol. The Labute approximate surface area is 109 Å². The molecule has 1 amide bonds. The van der Waals surface area contributed by atoms with Gasteiger partial charge in [-0.25, -0.2) is 5.43 Å². The van der Waals surface area contributed by atoms with Gasteiger partial charge >= 0.3 is 0 Å². The summed E-state index contributed by atoms with van der Waals surface area (Å²) in [5.41, 5.74) is 4.36. The third kappa shape index (κ3) is 3.18. The van der Waals surface area contributed by atoms with E-state index in [1.54, 1.807) is 30.3 Å². The number of hydrazone groups is 1. The highest BCUT2D eigenvalue weighted by molar-refractivity contribution is 6.30. The molecule has 2 N–H and O–H groups in total. The van der Waals surface area contributed by atoms with Crippen molar-refractivity contribution < 1.29 is 4.79 Å². The molecule has 1 aromatic carbocycles. The lowest BCUT2D eigenvalue weighted by Gasteiger charge is -1.95. The number of aromatic amines is 1. The van der Waals surface area contributed by atoms with E-state index in [1.807, 2.05) is 6.92 Å². The number of H-pyrrole nitrogens is 1. The third-order valence-electron chi connectivity index (χ3n) is 2.19. The molecule has 2 aromatic rings. The monoisotopic (exact) mass is 262 g/mol. The van der Waals surface area contributed by atoms with Gasteiger partial charge in [-0.1, -0.05) is 23.7 Å². The minimum absolute atomic E-state index is 0.306. The van der Waals surface area contributed by atoms with Crippen molar-refractivity contribution in [3.8, 4) is 0 Å². The smallest absolute Gasteiger partial charge is 0.282 e. The predicted octanol–water partition coefficient (Wildman–Crippen LogP) is 2.14. The van der Waals surface area contributed by atoms with Crippen LogP contribution >= 0.6 is 11.6 Å². The molecule has 0 aliphatic rings. The summed E-state index contributed by atoms with van der Waals surface area (Å²) >= 11 is 5.75. The lowest BCUT2D eigenvalue weighted by molar-refractivity contribution is 0.0950. The Morgan fingerprint density at radius 1 is 1.44 bits per heavy atom. The van der Waals surface area contributed by atoms with Crippen molar-refractivity contribution in [2.75, 3.05) is 0 Å². The summed E-state index contributed by atoms with van der Waals surface area (Å²) in [5, 5.41) is 11.0. The second-order valence-electron chi connectivity index (χ2n) is 3.69. The number of hydrogen-bond donors (Lipinski definition) is 2. The standard InChI is InChI=1S/C12H11ClN4O/c1-8-6-11(16-15-8)12(18)17-14-7-9-2-4-10(13)5-3-9/h2-7H,1H3,(H,15,16)(H,17,18)/b14-7-. The van der Waals surface area contributed by atoms with Crippen molar-refractivity contribution in [3.63, 3.8) is 0 Å². The lowest BCUT2D eigenvalue weighted by Crippen LogP contribution is -2.17. The Bertz CT molecular complexity index is 574. The van der Waals surface area contributed by atoms with E-state index in [9.17, 15) is 4.79 Å². The molecule has 0 fully saturated rings. The van der Waals surface area contributed by atoms with Crippen LogP contribution in [0.3, 0.4) is 0 Å². The van der Waals surface area contributed by atoms with Gasteiger partial charge in [0, 0.05) is 10.7 Å². The van der Waals surface area contributed by atoms with Gasteiger partial charge in [-0.15, -0.1) is 0 Å². The largest absolute Gasteiger partial charge is 0.291 e. The summed E-state index contributed by atoms with van der Waals surface area (Å²) in [4.78, 5) is 11.6. The zero-order valence-corrected chi connectivity index (χ0v) is 10.4. The Morgan fingerprint density at radius 3 is 2.78 bits per heavy atom. The van der Waals surface area contributed by atoms with Crippen LogP contribution < -0.4 is 5.43 Å². The Balaban J connectivity index is 1.95. The van der Waals surface area contributed by atoms with E-state index in [0.717, 1.165) is 11.3 Å². The number of halogens is 1. The van der Waals surface area contributed by atoms with Crippen LogP contribution in [0.25, 0.3) is 0 Å². The van der Waals surface area contributed by atoms with Crippen LogP contribution in [-0.2, 0) is 0 Å². The van der Waals surface area contributed by atoms with E-state index in [1.165, 1.54) is 6.21 Å². The first-order chi connectivity index (χ1) is 8.65. The fourth-order valence-electron chi connectivity index (χ4n) is 1.31. The van der Waals surface area contributed by atoms with Crippen LogP contribution in [-0.4, -0.2) is 22.3 Å². The van der Waals surface area contributed by atoms with Gasteiger partial charge in [-0.2, -0.15) is 10.2 Å². The van der Waals surface area contributed by atoms with Crippen LogP contribution in [0.1, 0.15) is 21.7 Å². The van der Waals surface area contributed by atoms with Gasteiger partial charge in [0.25, 0.3) is 5.91 Å². The number of benzene rings is 1. The van der Waals surface area contributed by atoms with E-state index >= 15 is 0 Å². The van der Waals surface area contributed by atoms with Crippen molar-refractivity contribution >= 4 is 23.7 Å². The van der Waals surface area contributed by atoms with Gasteiger partial charge in [0.1, 0.15) is 0 Å². The number of carbonyl (C=O) groups is 1. The van der Waals surface area contributed by atoms with E-state index < -0.39 is 0 Å². The molecule has 0 atom stereocenters. The normalized spacial score (nSPS) is 10.8. The number of aryl methyl sites for hydroxylation is 1. The zero-order valence-electron chi connectivity index (χ0n) is 9.64. The SMILES string of the molecule is Cc1cc(C(=O)N/N=C\c2ccc(Cl)cc2)n[nH]1. The third-order valence-corrected chi connectivity index (χ3v) is 2.44. The van der Waals surface area contributed by atoms with E-state index in [2.05, 4.69) is 20.7 Å². The number of amides is 1. The molecule has 0 unspecified atom stereocenters. The molecule has 0 aliphatic carbocycles. The molecule has 0 radical (unpaired) electrons. The molecule has 18 heavy (non-hydrogen) atoms. The first kappa shape index (κ1) is 12.3. The van der Waals surface area contributed by atoms with Gasteiger partial charge < -0.3 is 0 Å². The second kappa shape index (κ2) is 5.46. The van der Waals surface area contributed by atoms with Crippen molar-refractivity contribution in [2.24, 2.45) is 5.10 Å². The Hall–Kier alpha value is -2.14. The molecule has 0 saturated carbocycles. The second-order valence-corrected chi connectivity index (χ2v) is 4.12. The number of nitrogens with one attached hydrogen (secondary N) is 2. The van der Waals surface area contributed by atoms with E-state index in [4.69, 9.17) is 11.6 Å². The van der Waals surface area contributed by atoms with Crippen LogP contribution in [0.5, 0.6) is 0 Å². The Kier molecular flexibility index (Phi) is 3.74. The van der Waals surface area contributed by atoms with Gasteiger partial charge in [-0.3, -0.25) is 9.89 Å². The molecule has 6 heteroatoms. The molecular weight excluding hydrogens is 252 g/mol. The predicted molar refractivity (Wildman–Crippen MR) is 69.8 cm³/mol. The summed E-state index contributed by atoms with van der Waals surface area (Å²) in [6.45, 7) is 1.82. The average Bonchev–Trinajstić information content (AvgIpc) is 2.78. The molecule has 0 aliphatic heterocycles. The molecule has 0 spiro atoms. The number of aromatic nitrogens is 2. The van der Waals surface area contributed by atoms with Crippen LogP contribution in [0, 0.1) is 6.92 Å². The highest BCUT2D eigenvalue weighted by Crippen LogP contribution is 2.07. The summed E-state index contributed by atoms with van der Waals surface area (Å²) in [6.07, 6.45) is 1.54. The van der Waals surface area contributed by atoms with Crippen molar-refractivity contribution in [2.45, 2.75) is 6.92 Å². The maximum Gasteiger partial charge on any atom is 0.291 e. The quantitative estimate of drug-likeness (QED) is 0.657. The molecule has 0 bridgehead atoms.